The van der Waals surface area contributed by atoms with Crippen LogP contribution in [-0.4, -0.2) is 55.2 Å². The molecular weight excluding hydrogens is 386 g/mol. The van der Waals surface area contributed by atoms with Gasteiger partial charge in [-0.1, -0.05) is 24.3 Å². The van der Waals surface area contributed by atoms with Gasteiger partial charge in [-0.2, -0.15) is 0 Å². The number of urea groups is 1. The minimum atomic E-state index is 0.169. The van der Waals surface area contributed by atoms with E-state index >= 15 is 0 Å². The number of hydrogen-bond acceptors (Lipinski definition) is 3. The van der Waals surface area contributed by atoms with E-state index in [2.05, 4.69) is 34.9 Å². The molecule has 3 aliphatic heterocycles. The van der Waals surface area contributed by atoms with Crippen molar-refractivity contribution in [3.05, 3.63) is 59.7 Å². The Balaban J connectivity index is 1.41. The van der Waals surface area contributed by atoms with Crippen molar-refractivity contribution < 1.29 is 9.53 Å². The molecule has 0 radical (unpaired) electrons. The predicted molar refractivity (Wildman–Crippen MR) is 124 cm³/mol. The highest BCUT2D eigenvalue weighted by Crippen LogP contribution is 2.43. The summed E-state index contributed by atoms with van der Waals surface area (Å²) >= 11 is 0. The van der Waals surface area contributed by atoms with Gasteiger partial charge in [0.25, 0.3) is 0 Å². The Morgan fingerprint density at radius 1 is 1.16 bits per heavy atom. The highest BCUT2D eigenvalue weighted by Gasteiger charge is 2.44. The van der Waals surface area contributed by atoms with E-state index in [0.717, 1.165) is 50.3 Å². The summed E-state index contributed by atoms with van der Waals surface area (Å²) in [5, 5.41) is 0. The van der Waals surface area contributed by atoms with Crippen LogP contribution in [0.5, 0.6) is 5.75 Å². The molecule has 3 heterocycles. The maximum absolute atomic E-state index is 13.7. The average Bonchev–Trinajstić information content (AvgIpc) is 2.83. The van der Waals surface area contributed by atoms with Crippen LogP contribution >= 0.6 is 0 Å². The number of piperidine rings is 2. The van der Waals surface area contributed by atoms with Crippen molar-refractivity contribution in [2.45, 2.75) is 44.7 Å². The lowest BCUT2D eigenvalue weighted by Gasteiger charge is -2.52. The lowest BCUT2D eigenvalue weighted by Crippen LogP contribution is -2.59. The van der Waals surface area contributed by atoms with E-state index in [1.54, 1.807) is 7.11 Å². The SMILES string of the molecule is CCN(C(=O)N1CCC[C@H]2CN3CCc4cc(OC)ccc4[C@@H]3C[C@@H]21)c1ccccc1. The van der Waals surface area contributed by atoms with Crippen LogP contribution in [0.4, 0.5) is 10.5 Å². The Bertz CT molecular complexity index is 932. The molecular formula is C26H33N3O2. The molecule has 2 amide bonds. The molecule has 0 spiro atoms. The van der Waals surface area contributed by atoms with E-state index in [1.165, 1.54) is 17.5 Å². The van der Waals surface area contributed by atoms with Crippen molar-refractivity contribution in [3.8, 4) is 5.75 Å². The maximum atomic E-state index is 13.7. The van der Waals surface area contributed by atoms with Crippen LogP contribution in [0.3, 0.4) is 0 Å². The number of carbonyl (C=O) groups is 1. The fraction of sp³-hybridized carbons (Fsp3) is 0.500. The molecule has 2 saturated heterocycles. The molecule has 5 rings (SSSR count). The number of likely N-dealkylation sites (tertiary alicyclic amines) is 1. The third kappa shape index (κ3) is 3.69. The van der Waals surface area contributed by atoms with Crippen LogP contribution in [0.2, 0.25) is 0 Å². The van der Waals surface area contributed by atoms with E-state index in [-0.39, 0.29) is 6.03 Å². The van der Waals surface area contributed by atoms with E-state index in [4.69, 9.17) is 4.74 Å². The number of methoxy groups -OCH3 is 1. The molecule has 0 bridgehead atoms. The molecule has 2 fully saturated rings. The third-order valence-corrected chi connectivity index (χ3v) is 7.53. The number of rotatable bonds is 3. The van der Waals surface area contributed by atoms with E-state index in [0.29, 0.717) is 24.5 Å². The Kier molecular flexibility index (Phi) is 5.61. The number of carbonyl (C=O) groups excluding carboxylic acids is 1. The standard InChI is InChI=1S/C26H33N3O2/c1-3-28(21-9-5-4-6-10-21)26(30)29-14-7-8-20-18-27-15-13-19-16-22(31-2)11-12-23(19)25(27)17-24(20)29/h4-6,9-12,16,20,24-25H,3,7-8,13-15,17-18H2,1-2H3/t20-,24-,25-/m0/s1. The number of anilines is 1. The summed E-state index contributed by atoms with van der Waals surface area (Å²) in [7, 11) is 1.74. The van der Waals surface area contributed by atoms with Gasteiger partial charge in [0.1, 0.15) is 5.75 Å². The first-order valence-electron chi connectivity index (χ1n) is 11.7. The molecule has 31 heavy (non-hydrogen) atoms. The Morgan fingerprint density at radius 3 is 2.77 bits per heavy atom. The van der Waals surface area contributed by atoms with Gasteiger partial charge in [0.05, 0.1) is 7.11 Å². The average molecular weight is 420 g/mol. The van der Waals surface area contributed by atoms with Gasteiger partial charge in [-0.15, -0.1) is 0 Å². The molecule has 0 aromatic heterocycles. The number of ether oxygens (including phenoxy) is 1. The van der Waals surface area contributed by atoms with Crippen molar-refractivity contribution in [1.82, 2.24) is 9.80 Å². The van der Waals surface area contributed by atoms with Gasteiger partial charge in [-0.05, 0) is 73.9 Å². The van der Waals surface area contributed by atoms with Gasteiger partial charge in [0, 0.05) is 44.0 Å². The molecule has 0 saturated carbocycles. The van der Waals surface area contributed by atoms with Crippen LogP contribution in [-0.2, 0) is 6.42 Å². The lowest BCUT2D eigenvalue weighted by molar-refractivity contribution is 0.00703. The van der Waals surface area contributed by atoms with Gasteiger partial charge in [0.2, 0.25) is 0 Å². The second-order valence-corrected chi connectivity index (χ2v) is 9.09. The fourth-order valence-electron chi connectivity index (χ4n) is 5.99. The van der Waals surface area contributed by atoms with Crippen molar-refractivity contribution in [2.24, 2.45) is 5.92 Å². The highest BCUT2D eigenvalue weighted by molar-refractivity contribution is 5.92. The fourth-order valence-corrected chi connectivity index (χ4v) is 5.99. The second kappa shape index (κ2) is 8.54. The first kappa shape index (κ1) is 20.4. The molecule has 0 N–H and O–H groups in total. The summed E-state index contributed by atoms with van der Waals surface area (Å²) in [6.07, 6.45) is 4.44. The van der Waals surface area contributed by atoms with Crippen LogP contribution < -0.4 is 9.64 Å². The Labute approximate surface area is 185 Å². The number of benzene rings is 2. The number of amides is 2. The zero-order valence-electron chi connectivity index (χ0n) is 18.7. The van der Waals surface area contributed by atoms with Crippen LogP contribution in [0.25, 0.3) is 0 Å². The summed E-state index contributed by atoms with van der Waals surface area (Å²) in [4.78, 5) is 20.5. The first-order valence-corrected chi connectivity index (χ1v) is 11.7. The second-order valence-electron chi connectivity index (χ2n) is 9.09. The maximum Gasteiger partial charge on any atom is 0.324 e. The van der Waals surface area contributed by atoms with Crippen LogP contribution in [0.15, 0.2) is 48.5 Å². The predicted octanol–water partition coefficient (Wildman–Crippen LogP) is 4.73. The van der Waals surface area contributed by atoms with E-state index < -0.39 is 0 Å². The molecule has 5 heteroatoms. The summed E-state index contributed by atoms with van der Waals surface area (Å²) < 4.78 is 5.46. The number of para-hydroxylation sites is 1. The first-order chi connectivity index (χ1) is 15.2. The minimum Gasteiger partial charge on any atom is -0.497 e. The Hall–Kier alpha value is -2.53. The zero-order valence-corrected chi connectivity index (χ0v) is 18.7. The largest absolute Gasteiger partial charge is 0.497 e. The summed E-state index contributed by atoms with van der Waals surface area (Å²) in [6.45, 7) is 5.83. The van der Waals surface area contributed by atoms with Crippen molar-refractivity contribution in [3.63, 3.8) is 0 Å². The van der Waals surface area contributed by atoms with Crippen LogP contribution in [0.1, 0.15) is 43.4 Å². The molecule has 3 atom stereocenters. The normalized spacial score (nSPS) is 25.2. The zero-order chi connectivity index (χ0) is 21.4. The monoisotopic (exact) mass is 419 g/mol. The topological polar surface area (TPSA) is 36.0 Å². The smallest absolute Gasteiger partial charge is 0.324 e. The number of nitrogens with zero attached hydrogens (tertiary/aromatic N) is 3. The molecule has 3 aliphatic rings. The van der Waals surface area contributed by atoms with Gasteiger partial charge in [-0.3, -0.25) is 9.80 Å². The number of fused-ring (bicyclic) bond motifs is 4. The molecule has 5 nitrogen and oxygen atoms in total. The van der Waals surface area contributed by atoms with E-state index in [9.17, 15) is 4.79 Å². The summed E-state index contributed by atoms with van der Waals surface area (Å²) in [5.74, 6) is 1.51. The van der Waals surface area contributed by atoms with Gasteiger partial charge in [0.15, 0.2) is 0 Å². The van der Waals surface area contributed by atoms with Gasteiger partial charge in [-0.25, -0.2) is 4.79 Å². The van der Waals surface area contributed by atoms with Gasteiger partial charge < -0.3 is 9.64 Å². The van der Waals surface area contributed by atoms with Gasteiger partial charge >= 0.3 is 6.03 Å². The lowest BCUT2D eigenvalue weighted by atomic mass is 9.76. The molecule has 2 aromatic carbocycles. The third-order valence-electron chi connectivity index (χ3n) is 7.53. The minimum absolute atomic E-state index is 0.169. The van der Waals surface area contributed by atoms with Crippen molar-refractivity contribution in [1.29, 1.82) is 0 Å². The molecule has 0 aliphatic carbocycles. The van der Waals surface area contributed by atoms with Crippen molar-refractivity contribution >= 4 is 11.7 Å². The molecule has 0 unspecified atom stereocenters. The number of hydrogen-bond donors (Lipinski definition) is 0. The quantitative estimate of drug-likeness (QED) is 0.722. The summed E-state index contributed by atoms with van der Waals surface area (Å²) in [6, 6.07) is 17.5. The highest BCUT2D eigenvalue weighted by atomic mass is 16.5. The Morgan fingerprint density at radius 2 is 2.00 bits per heavy atom. The summed E-state index contributed by atoms with van der Waals surface area (Å²) in [5.41, 5.74) is 3.83. The van der Waals surface area contributed by atoms with Crippen molar-refractivity contribution in [2.75, 3.05) is 38.2 Å². The van der Waals surface area contributed by atoms with E-state index in [1.807, 2.05) is 35.2 Å². The molecule has 2 aromatic rings. The van der Waals surface area contributed by atoms with Crippen LogP contribution in [0, 0.1) is 5.92 Å². The molecule has 164 valence electrons.